The van der Waals surface area contributed by atoms with Crippen LogP contribution in [0.15, 0.2) is 11.1 Å². The van der Waals surface area contributed by atoms with Gasteiger partial charge in [0.15, 0.2) is 0 Å². The largest absolute Gasteiger partial charge is 0.478 e. The summed E-state index contributed by atoms with van der Waals surface area (Å²) in [7, 11) is 0. The maximum absolute atomic E-state index is 12.0. The molecule has 7 nitrogen and oxygen atoms in total. The Morgan fingerprint density at radius 2 is 1.95 bits per heavy atom. The van der Waals surface area contributed by atoms with Crippen LogP contribution in [0.4, 0.5) is 4.79 Å². The number of hydrogen-bond donors (Lipinski definition) is 2. The zero-order valence-corrected chi connectivity index (χ0v) is 11.9. The number of morpholine rings is 1. The highest BCUT2D eigenvalue weighted by Crippen LogP contribution is 2.11. The monoisotopic (exact) mass is 284 g/mol. The van der Waals surface area contributed by atoms with E-state index in [4.69, 9.17) is 9.84 Å². The number of ether oxygens (including phenoxy) is 1. The maximum Gasteiger partial charge on any atom is 0.331 e. The molecule has 7 heteroatoms. The van der Waals surface area contributed by atoms with Crippen LogP contribution in [-0.2, 0) is 14.3 Å². The number of rotatable bonds is 3. The Morgan fingerprint density at radius 3 is 2.50 bits per heavy atom. The van der Waals surface area contributed by atoms with Gasteiger partial charge < -0.3 is 14.7 Å². The lowest BCUT2D eigenvalue weighted by atomic mass is 10.1. The highest BCUT2D eigenvalue weighted by molar-refractivity contribution is 6.07. The Balaban J connectivity index is 2.72. The number of nitrogens with zero attached hydrogens (tertiary/aromatic N) is 1. The molecule has 0 aliphatic carbocycles. The van der Waals surface area contributed by atoms with Crippen LogP contribution in [0.1, 0.15) is 27.2 Å². The van der Waals surface area contributed by atoms with E-state index in [-0.39, 0.29) is 17.2 Å². The Morgan fingerprint density at radius 1 is 1.30 bits per heavy atom. The highest BCUT2D eigenvalue weighted by atomic mass is 16.5. The first-order chi connectivity index (χ1) is 9.38. The molecule has 1 aliphatic heterocycles. The molecule has 1 unspecified atom stereocenters. The number of carboxylic acid groups (broad SMARTS) is 1. The van der Waals surface area contributed by atoms with Gasteiger partial charge in [-0.2, -0.15) is 0 Å². The molecule has 1 atom stereocenters. The van der Waals surface area contributed by atoms with Crippen LogP contribution in [0.2, 0.25) is 0 Å². The normalized spacial score (nSPS) is 20.1. The number of carboxylic acids is 1. The van der Waals surface area contributed by atoms with Gasteiger partial charge in [0.1, 0.15) is 0 Å². The lowest BCUT2D eigenvalue weighted by Crippen LogP contribution is -2.53. The predicted molar refractivity (Wildman–Crippen MR) is 71.2 cm³/mol. The second-order valence-electron chi connectivity index (χ2n) is 4.64. The van der Waals surface area contributed by atoms with E-state index in [0.29, 0.717) is 19.8 Å². The number of nitrogens with one attached hydrogen (secondary N) is 1. The third-order valence-corrected chi connectivity index (χ3v) is 3.40. The molecule has 0 aromatic heterocycles. The second-order valence-corrected chi connectivity index (χ2v) is 4.64. The van der Waals surface area contributed by atoms with Crippen LogP contribution >= 0.6 is 0 Å². The lowest BCUT2D eigenvalue weighted by Gasteiger charge is -2.34. The summed E-state index contributed by atoms with van der Waals surface area (Å²) in [4.78, 5) is 36.2. The molecule has 1 saturated heterocycles. The average molecular weight is 284 g/mol. The summed E-state index contributed by atoms with van der Waals surface area (Å²) in [5.41, 5.74) is -0.0588. The Kier molecular flexibility index (Phi) is 5.69. The van der Waals surface area contributed by atoms with E-state index in [1.807, 2.05) is 6.92 Å². The number of amides is 3. The van der Waals surface area contributed by atoms with Gasteiger partial charge in [-0.3, -0.25) is 10.1 Å². The quantitative estimate of drug-likeness (QED) is 0.746. The van der Waals surface area contributed by atoms with E-state index < -0.39 is 17.9 Å². The van der Waals surface area contributed by atoms with Crippen molar-refractivity contribution in [2.45, 2.75) is 33.2 Å². The van der Waals surface area contributed by atoms with Gasteiger partial charge in [0.25, 0.3) is 5.91 Å². The molecule has 1 rings (SSSR count). The van der Waals surface area contributed by atoms with Crippen LogP contribution < -0.4 is 5.32 Å². The molecule has 1 aliphatic rings. The van der Waals surface area contributed by atoms with E-state index in [1.165, 1.54) is 13.8 Å². The topological polar surface area (TPSA) is 95.9 Å². The summed E-state index contributed by atoms with van der Waals surface area (Å²) in [6.45, 7) is 5.93. The molecule has 0 aromatic carbocycles. The number of imide groups is 1. The first kappa shape index (κ1) is 16.2. The number of urea groups is 1. The van der Waals surface area contributed by atoms with Crippen molar-refractivity contribution in [3.63, 3.8) is 0 Å². The minimum absolute atomic E-state index is 0.0205. The fraction of sp³-hybridized carbons (Fsp3) is 0.615. The maximum atomic E-state index is 12.0. The SMILES string of the molecule is CCC1COCCN1C(=O)NC(=O)C(C)=C(C)C(=O)O. The molecule has 0 bridgehead atoms. The first-order valence-electron chi connectivity index (χ1n) is 6.48. The van der Waals surface area contributed by atoms with Crippen LogP contribution in [0.5, 0.6) is 0 Å². The highest BCUT2D eigenvalue weighted by Gasteiger charge is 2.27. The van der Waals surface area contributed by atoms with Crippen LogP contribution in [0.25, 0.3) is 0 Å². The smallest absolute Gasteiger partial charge is 0.331 e. The summed E-state index contributed by atoms with van der Waals surface area (Å²) in [6, 6.07) is -0.580. The summed E-state index contributed by atoms with van der Waals surface area (Å²) in [5, 5.41) is 11.0. The molecule has 0 saturated carbocycles. The lowest BCUT2D eigenvalue weighted by molar-refractivity contribution is -0.133. The molecular weight excluding hydrogens is 264 g/mol. The van der Waals surface area contributed by atoms with Crippen molar-refractivity contribution in [3.05, 3.63) is 11.1 Å². The van der Waals surface area contributed by atoms with E-state index >= 15 is 0 Å². The van der Waals surface area contributed by atoms with Gasteiger partial charge in [0.2, 0.25) is 0 Å². The van der Waals surface area contributed by atoms with Gasteiger partial charge in [0, 0.05) is 17.7 Å². The molecule has 1 heterocycles. The van der Waals surface area contributed by atoms with E-state index in [9.17, 15) is 14.4 Å². The Bertz CT molecular complexity index is 444. The van der Waals surface area contributed by atoms with E-state index in [0.717, 1.165) is 6.42 Å². The van der Waals surface area contributed by atoms with E-state index in [1.54, 1.807) is 4.90 Å². The molecule has 1 fully saturated rings. The molecule has 20 heavy (non-hydrogen) atoms. The average Bonchev–Trinajstić information content (AvgIpc) is 2.45. The predicted octanol–water partition coefficient (Wildman–Crippen LogP) is 0.754. The second kappa shape index (κ2) is 7.04. The summed E-state index contributed by atoms with van der Waals surface area (Å²) >= 11 is 0. The Hall–Kier alpha value is -1.89. The van der Waals surface area contributed by atoms with Crippen LogP contribution in [-0.4, -0.2) is 53.7 Å². The molecular formula is C13H20N2O5. The number of aliphatic carboxylic acids is 1. The number of carbonyl (C=O) groups excluding carboxylic acids is 2. The zero-order chi connectivity index (χ0) is 15.3. The molecule has 0 spiro atoms. The summed E-state index contributed by atoms with van der Waals surface area (Å²) in [5.74, 6) is -1.86. The van der Waals surface area contributed by atoms with Gasteiger partial charge in [0.05, 0.1) is 19.3 Å². The van der Waals surface area contributed by atoms with Crippen molar-refractivity contribution >= 4 is 17.9 Å². The van der Waals surface area contributed by atoms with E-state index in [2.05, 4.69) is 5.32 Å². The van der Waals surface area contributed by atoms with Crippen molar-refractivity contribution in [1.29, 1.82) is 0 Å². The van der Waals surface area contributed by atoms with Gasteiger partial charge in [-0.25, -0.2) is 9.59 Å². The van der Waals surface area contributed by atoms with Crippen molar-refractivity contribution < 1.29 is 24.2 Å². The van der Waals surface area contributed by atoms with Crippen molar-refractivity contribution in [3.8, 4) is 0 Å². The van der Waals surface area contributed by atoms with Crippen molar-refractivity contribution in [1.82, 2.24) is 10.2 Å². The number of carbonyl (C=O) groups is 3. The van der Waals surface area contributed by atoms with Crippen LogP contribution in [0.3, 0.4) is 0 Å². The zero-order valence-electron chi connectivity index (χ0n) is 11.9. The third-order valence-electron chi connectivity index (χ3n) is 3.40. The van der Waals surface area contributed by atoms with Gasteiger partial charge in [-0.1, -0.05) is 6.92 Å². The summed E-state index contributed by atoms with van der Waals surface area (Å²) < 4.78 is 5.28. The minimum Gasteiger partial charge on any atom is -0.478 e. The molecule has 0 radical (unpaired) electrons. The standard InChI is InChI=1S/C13H20N2O5/c1-4-10-7-20-6-5-15(10)13(19)14-11(16)8(2)9(3)12(17)18/h10H,4-7H2,1-3H3,(H,17,18)(H,14,16,19). The molecule has 0 aromatic rings. The minimum atomic E-state index is -1.18. The van der Waals surface area contributed by atoms with Crippen molar-refractivity contribution in [2.24, 2.45) is 0 Å². The van der Waals surface area contributed by atoms with Crippen molar-refractivity contribution in [2.75, 3.05) is 19.8 Å². The first-order valence-corrected chi connectivity index (χ1v) is 6.48. The fourth-order valence-corrected chi connectivity index (χ4v) is 1.85. The van der Waals surface area contributed by atoms with Gasteiger partial charge in [-0.15, -0.1) is 0 Å². The molecule has 3 amide bonds. The Labute approximate surface area is 117 Å². The molecule has 2 N–H and O–H groups in total. The molecule has 112 valence electrons. The summed E-state index contributed by atoms with van der Waals surface area (Å²) in [6.07, 6.45) is 0.727. The number of hydrogen-bond acceptors (Lipinski definition) is 4. The van der Waals surface area contributed by atoms with Gasteiger partial charge in [-0.05, 0) is 20.3 Å². The third kappa shape index (κ3) is 3.80. The fourth-order valence-electron chi connectivity index (χ4n) is 1.85. The van der Waals surface area contributed by atoms with Gasteiger partial charge >= 0.3 is 12.0 Å². The van der Waals surface area contributed by atoms with Crippen LogP contribution in [0, 0.1) is 0 Å².